The molecular formula is C51H65ClN12O4. The van der Waals surface area contributed by atoms with E-state index in [1.165, 1.54) is 6.42 Å². The van der Waals surface area contributed by atoms with Crippen molar-refractivity contribution in [2.24, 2.45) is 11.8 Å². The number of piperidine rings is 3. The zero-order chi connectivity index (χ0) is 46.8. The van der Waals surface area contributed by atoms with Crippen molar-refractivity contribution >= 4 is 40.6 Å². The van der Waals surface area contributed by atoms with Crippen molar-refractivity contribution in [1.29, 1.82) is 5.26 Å². The first-order valence-electron chi connectivity index (χ1n) is 24.9. The van der Waals surface area contributed by atoms with Gasteiger partial charge in [0.25, 0.3) is 5.91 Å². The van der Waals surface area contributed by atoms with E-state index in [2.05, 4.69) is 70.7 Å². The quantitative estimate of drug-likeness (QED) is 0.0834. The molecule has 0 unspecified atom stereocenters. The molecule has 7 heterocycles. The number of benzene rings is 1. The molecule has 9 rings (SSSR count). The fraction of sp³-hybridized carbons (Fsp3) is 0.549. The molecule has 17 heteroatoms. The van der Waals surface area contributed by atoms with Crippen LogP contribution in [-0.4, -0.2) is 116 Å². The molecule has 1 saturated carbocycles. The number of halogens is 1. The van der Waals surface area contributed by atoms with Crippen LogP contribution in [-0.2, 0) is 13.0 Å². The number of anilines is 3. The first-order chi connectivity index (χ1) is 33.3. The summed E-state index contributed by atoms with van der Waals surface area (Å²) in [6.45, 7) is 9.68. The molecule has 3 N–H and O–H groups in total. The molecule has 0 spiro atoms. The molecular weight excluding hydrogens is 880 g/mol. The zero-order valence-electron chi connectivity index (χ0n) is 39.2. The van der Waals surface area contributed by atoms with E-state index < -0.39 is 0 Å². The van der Waals surface area contributed by atoms with E-state index in [0.29, 0.717) is 52.9 Å². The molecule has 4 aliphatic rings. The Morgan fingerprint density at radius 3 is 2.44 bits per heavy atom. The fourth-order valence-corrected chi connectivity index (χ4v) is 10.6. The number of rotatable bonds is 17. The van der Waals surface area contributed by atoms with Crippen LogP contribution in [0.1, 0.15) is 111 Å². The first-order valence-corrected chi connectivity index (χ1v) is 25.2. The number of aliphatic hydroxyl groups is 1. The van der Waals surface area contributed by atoms with Crippen molar-refractivity contribution in [2.75, 3.05) is 67.6 Å². The van der Waals surface area contributed by atoms with E-state index in [4.69, 9.17) is 31.3 Å². The number of nitrogens with one attached hydrogen (secondary N) is 2. The number of pyridine rings is 1. The number of carbonyl (C=O) groups is 1. The minimum absolute atomic E-state index is 0.0368. The predicted octanol–water partition coefficient (Wildman–Crippen LogP) is 7.48. The highest BCUT2D eigenvalue weighted by molar-refractivity contribution is 6.31. The van der Waals surface area contributed by atoms with Gasteiger partial charge in [-0.1, -0.05) is 24.6 Å². The summed E-state index contributed by atoms with van der Waals surface area (Å²) in [5.74, 6) is 4.93. The van der Waals surface area contributed by atoms with Crippen LogP contribution in [0.25, 0.3) is 5.65 Å². The maximum atomic E-state index is 13.1. The van der Waals surface area contributed by atoms with Crippen LogP contribution in [0.15, 0.2) is 60.9 Å². The van der Waals surface area contributed by atoms with Crippen LogP contribution in [0.5, 0.6) is 11.6 Å². The van der Waals surface area contributed by atoms with Gasteiger partial charge in [0, 0.05) is 81.4 Å². The van der Waals surface area contributed by atoms with Gasteiger partial charge in [0.05, 0.1) is 29.5 Å². The van der Waals surface area contributed by atoms with E-state index >= 15 is 0 Å². The van der Waals surface area contributed by atoms with Crippen LogP contribution >= 0.6 is 11.6 Å². The Labute approximate surface area is 404 Å². The molecule has 1 aliphatic carbocycles. The highest BCUT2D eigenvalue weighted by Gasteiger charge is 2.29. The Hall–Kier alpha value is -5.76. The van der Waals surface area contributed by atoms with E-state index in [1.807, 2.05) is 29.0 Å². The number of hydrogen-bond donors (Lipinski definition) is 3. The third kappa shape index (κ3) is 11.7. The molecule has 5 aromatic rings. The molecule has 16 nitrogen and oxygen atoms in total. The maximum Gasteiger partial charge on any atom is 0.272 e. The Morgan fingerprint density at radius 1 is 0.897 bits per heavy atom. The largest absolute Gasteiger partial charge is 0.490 e. The lowest BCUT2D eigenvalue weighted by Crippen LogP contribution is -2.42. The average Bonchev–Trinajstić information content (AvgIpc) is 3.80. The highest BCUT2D eigenvalue weighted by atomic mass is 35.5. The fourth-order valence-electron chi connectivity index (χ4n) is 10.4. The van der Waals surface area contributed by atoms with Gasteiger partial charge in [0.15, 0.2) is 17.2 Å². The number of aromatic nitrogens is 6. The van der Waals surface area contributed by atoms with Crippen molar-refractivity contribution in [3.05, 3.63) is 88.3 Å². The molecule has 0 bridgehead atoms. The van der Waals surface area contributed by atoms with Crippen LogP contribution in [0.4, 0.5) is 17.5 Å². The number of nitriles is 1. The molecule has 1 aromatic carbocycles. The second kappa shape index (κ2) is 22.6. The number of fused-ring (bicyclic) bond motifs is 1. The number of amides is 1. The summed E-state index contributed by atoms with van der Waals surface area (Å²) in [6, 6.07) is 17.4. The summed E-state index contributed by atoms with van der Waals surface area (Å²) in [4.78, 5) is 30.1. The van der Waals surface area contributed by atoms with Crippen molar-refractivity contribution in [1.82, 2.24) is 40.0 Å². The predicted molar refractivity (Wildman–Crippen MR) is 263 cm³/mol. The minimum atomic E-state index is -0.197. The number of carbonyl (C=O) groups excluding carboxylic acids is 1. The van der Waals surface area contributed by atoms with Crippen molar-refractivity contribution < 1.29 is 19.4 Å². The van der Waals surface area contributed by atoms with Crippen LogP contribution in [0.3, 0.4) is 0 Å². The van der Waals surface area contributed by atoms with Gasteiger partial charge in [-0.25, -0.2) is 9.97 Å². The van der Waals surface area contributed by atoms with Gasteiger partial charge in [-0.2, -0.15) is 14.9 Å². The van der Waals surface area contributed by atoms with Crippen LogP contribution in [0.2, 0.25) is 5.02 Å². The Bertz CT molecular complexity index is 2470. The smallest absolute Gasteiger partial charge is 0.272 e. The van der Waals surface area contributed by atoms with E-state index in [9.17, 15) is 9.90 Å². The van der Waals surface area contributed by atoms with E-state index in [0.717, 1.165) is 151 Å². The highest BCUT2D eigenvalue weighted by Crippen LogP contribution is 2.31. The third-order valence-electron chi connectivity index (χ3n) is 14.5. The van der Waals surface area contributed by atoms with Gasteiger partial charge in [0.1, 0.15) is 23.5 Å². The van der Waals surface area contributed by atoms with Gasteiger partial charge < -0.3 is 39.9 Å². The van der Waals surface area contributed by atoms with Crippen LogP contribution in [0, 0.1) is 23.2 Å². The van der Waals surface area contributed by atoms with Crippen LogP contribution < -0.4 is 29.9 Å². The summed E-state index contributed by atoms with van der Waals surface area (Å²) in [5, 5.41) is 39.5. The van der Waals surface area contributed by atoms with Gasteiger partial charge in [-0.3, -0.25) is 4.79 Å². The second-order valence-electron chi connectivity index (χ2n) is 19.1. The Morgan fingerprint density at radius 2 is 1.72 bits per heavy atom. The zero-order valence-corrected chi connectivity index (χ0v) is 40.0. The third-order valence-corrected chi connectivity index (χ3v) is 14.8. The second-order valence-corrected chi connectivity index (χ2v) is 19.5. The number of nitrogens with zero attached hydrogens (tertiary/aromatic N) is 10. The summed E-state index contributed by atoms with van der Waals surface area (Å²) >= 11 is 6.17. The van der Waals surface area contributed by atoms with Gasteiger partial charge in [0.2, 0.25) is 5.88 Å². The lowest BCUT2D eigenvalue weighted by Gasteiger charge is -2.37. The topological polar surface area (TPSA) is 182 Å². The maximum absolute atomic E-state index is 13.1. The SMILES string of the molecule is CCc1cnn2c(NCc3ccc(OCC4CCN(CC5CCN(c6ccc(C(=O)NC7CCC(Oc8ccc(C#N)c(Cl)c8)CC7)nn6)CC5)CC4)nc3)cc(N3CCCC[C@H]3CCO)nc12. The number of hydrogen-bond acceptors (Lipinski definition) is 14. The molecule has 4 fully saturated rings. The first kappa shape index (κ1) is 47.3. The Balaban J connectivity index is 0.663. The van der Waals surface area contributed by atoms with Gasteiger partial charge in [-0.05, 0) is 138 Å². The van der Waals surface area contributed by atoms with Gasteiger partial charge in [-0.15, -0.1) is 10.2 Å². The molecule has 1 atom stereocenters. The van der Waals surface area contributed by atoms with Crippen molar-refractivity contribution in [3.63, 3.8) is 0 Å². The summed E-state index contributed by atoms with van der Waals surface area (Å²) < 4.78 is 14.2. The molecule has 0 radical (unpaired) electrons. The van der Waals surface area contributed by atoms with Gasteiger partial charge >= 0.3 is 0 Å². The molecule has 68 heavy (non-hydrogen) atoms. The average molecular weight is 946 g/mol. The summed E-state index contributed by atoms with van der Waals surface area (Å²) in [7, 11) is 0. The standard InChI is InChI=1S/C51H65ClN12O4/c1-2-38-32-56-64-47(28-48(58-50(38)64)63-21-4-3-5-41(63)20-26-65)54-30-37-6-15-49(55-31-37)67-34-36-16-22-61(23-17-36)33-35-18-24-62(25-19-35)46-14-13-45(59-60-46)51(66)57-40-8-11-42(12-9-40)68-43-10-7-39(29-53)44(52)27-43/h6-7,10,13-15,27-28,31-32,35-36,40-42,54,65H,2-5,8-9,11-12,16-26,30,33-34H2,1H3,(H,57,66)/t40?,41-,42?/m0/s1. The normalized spacial score (nSPS) is 20.8. The van der Waals surface area contributed by atoms with E-state index in [1.54, 1.807) is 24.3 Å². The minimum Gasteiger partial charge on any atom is -0.490 e. The van der Waals surface area contributed by atoms with E-state index in [-0.39, 0.29) is 30.7 Å². The molecule has 4 aromatic heterocycles. The van der Waals surface area contributed by atoms with Crippen molar-refractivity contribution in [2.45, 2.75) is 115 Å². The molecule has 360 valence electrons. The number of likely N-dealkylation sites (tertiary alicyclic amines) is 1. The summed E-state index contributed by atoms with van der Waals surface area (Å²) in [5.41, 5.74) is 3.81. The number of aliphatic hydroxyl groups excluding tert-OH is 1. The van der Waals surface area contributed by atoms with Crippen molar-refractivity contribution in [3.8, 4) is 17.7 Å². The number of ether oxygens (including phenoxy) is 2. The summed E-state index contributed by atoms with van der Waals surface area (Å²) in [6.07, 6.45) is 16.5. The number of aryl methyl sites for hydroxylation is 1. The Kier molecular flexibility index (Phi) is 15.7. The molecule has 3 saturated heterocycles. The monoisotopic (exact) mass is 944 g/mol. The molecule has 3 aliphatic heterocycles. The molecule has 1 amide bonds. The lowest BCUT2D eigenvalue weighted by molar-refractivity contribution is 0.0888. The lowest BCUT2D eigenvalue weighted by atomic mass is 9.92.